The van der Waals surface area contributed by atoms with E-state index in [2.05, 4.69) is 5.32 Å². The highest BCUT2D eigenvalue weighted by Crippen LogP contribution is 2.04. The van der Waals surface area contributed by atoms with Gasteiger partial charge in [0.2, 0.25) is 0 Å². The highest BCUT2D eigenvalue weighted by Gasteiger charge is 2.04. The molecule has 0 fully saturated rings. The summed E-state index contributed by atoms with van der Waals surface area (Å²) in [6.07, 6.45) is 0. The van der Waals surface area contributed by atoms with Gasteiger partial charge in [-0.2, -0.15) is 0 Å². The Hall–Kier alpha value is -1.07. The molecule has 1 aromatic carbocycles. The Morgan fingerprint density at radius 1 is 1.41 bits per heavy atom. The molecule has 0 amide bonds. The van der Waals surface area contributed by atoms with Crippen LogP contribution in [0, 0.1) is 0 Å². The summed E-state index contributed by atoms with van der Waals surface area (Å²) in [5.74, 6) is 0.0235. The molecule has 0 saturated carbocycles. The van der Waals surface area contributed by atoms with Gasteiger partial charge in [-0.15, -0.1) is 0 Å². The SMILES string of the molecule is CCOC(=O)CSC(=S)NCc1ccccc1. The van der Waals surface area contributed by atoms with E-state index in [9.17, 15) is 4.79 Å². The van der Waals surface area contributed by atoms with E-state index >= 15 is 0 Å². The van der Waals surface area contributed by atoms with E-state index in [-0.39, 0.29) is 11.7 Å². The number of ether oxygens (including phenoxy) is 1. The van der Waals surface area contributed by atoms with Gasteiger partial charge in [-0.3, -0.25) is 4.79 Å². The number of benzene rings is 1. The molecule has 0 aliphatic rings. The number of hydrogen-bond donors (Lipinski definition) is 1. The fraction of sp³-hybridized carbons (Fsp3) is 0.333. The predicted octanol–water partition coefficient (Wildman–Crippen LogP) is 2.36. The lowest BCUT2D eigenvalue weighted by Crippen LogP contribution is -2.19. The number of carbonyl (C=O) groups excluding carboxylic acids is 1. The molecule has 0 aliphatic carbocycles. The number of carbonyl (C=O) groups is 1. The zero-order valence-electron chi connectivity index (χ0n) is 9.64. The van der Waals surface area contributed by atoms with E-state index in [1.54, 1.807) is 6.92 Å². The molecule has 0 heterocycles. The van der Waals surface area contributed by atoms with E-state index in [1.165, 1.54) is 11.8 Å². The third kappa shape index (κ3) is 6.28. The molecule has 0 unspecified atom stereocenters. The second-order valence-corrected chi connectivity index (χ2v) is 4.87. The second kappa shape index (κ2) is 8.08. The fourth-order valence-corrected chi connectivity index (χ4v) is 1.90. The first-order valence-electron chi connectivity index (χ1n) is 5.32. The molecule has 0 saturated heterocycles. The summed E-state index contributed by atoms with van der Waals surface area (Å²) >= 11 is 6.39. The van der Waals surface area contributed by atoms with Crippen LogP contribution >= 0.6 is 24.0 Å². The van der Waals surface area contributed by atoms with Crippen molar-refractivity contribution in [2.24, 2.45) is 0 Å². The topological polar surface area (TPSA) is 38.3 Å². The molecule has 0 aromatic heterocycles. The van der Waals surface area contributed by atoms with Crippen molar-refractivity contribution >= 4 is 34.3 Å². The van der Waals surface area contributed by atoms with Gasteiger partial charge in [0, 0.05) is 6.54 Å². The summed E-state index contributed by atoms with van der Waals surface area (Å²) in [6, 6.07) is 9.96. The molecule has 1 aromatic rings. The van der Waals surface area contributed by atoms with Gasteiger partial charge in [0.15, 0.2) is 0 Å². The summed E-state index contributed by atoms with van der Waals surface area (Å²) in [4.78, 5) is 11.1. The standard InChI is InChI=1S/C12H15NO2S2/c1-2-15-11(14)9-17-12(16)13-8-10-6-4-3-5-7-10/h3-7H,2,8-9H2,1H3,(H,13,16). The van der Waals surface area contributed by atoms with Crippen LogP contribution in [-0.2, 0) is 16.1 Å². The third-order valence-electron chi connectivity index (χ3n) is 1.91. The Balaban J connectivity index is 2.20. The number of nitrogens with one attached hydrogen (secondary N) is 1. The number of hydrogen-bond acceptors (Lipinski definition) is 4. The monoisotopic (exact) mass is 269 g/mol. The molecule has 0 bridgehead atoms. The first-order valence-corrected chi connectivity index (χ1v) is 6.72. The molecule has 0 spiro atoms. The van der Waals surface area contributed by atoms with Crippen molar-refractivity contribution in [3.63, 3.8) is 0 Å². The quantitative estimate of drug-likeness (QED) is 0.656. The number of thiocarbonyl (C=S) groups is 1. The van der Waals surface area contributed by atoms with Crippen LogP contribution in [-0.4, -0.2) is 22.6 Å². The Morgan fingerprint density at radius 2 is 2.12 bits per heavy atom. The maximum Gasteiger partial charge on any atom is 0.316 e. The molecule has 0 atom stereocenters. The van der Waals surface area contributed by atoms with Crippen LogP contribution in [0.5, 0.6) is 0 Å². The summed E-state index contributed by atoms with van der Waals surface area (Å²) < 4.78 is 5.42. The van der Waals surface area contributed by atoms with E-state index < -0.39 is 0 Å². The normalized spacial score (nSPS) is 9.71. The van der Waals surface area contributed by atoms with Crippen molar-refractivity contribution in [2.45, 2.75) is 13.5 Å². The Labute approximate surface area is 111 Å². The lowest BCUT2D eigenvalue weighted by Gasteiger charge is -2.07. The van der Waals surface area contributed by atoms with Crippen LogP contribution in [0.25, 0.3) is 0 Å². The van der Waals surface area contributed by atoms with E-state index in [1.807, 2.05) is 30.3 Å². The molecule has 0 aliphatic heterocycles. The average molecular weight is 269 g/mol. The average Bonchev–Trinajstić information content (AvgIpc) is 2.35. The van der Waals surface area contributed by atoms with Crippen molar-refractivity contribution in [3.8, 4) is 0 Å². The van der Waals surface area contributed by atoms with Crippen LogP contribution in [0.3, 0.4) is 0 Å². The van der Waals surface area contributed by atoms with Gasteiger partial charge in [0.1, 0.15) is 4.32 Å². The highest BCUT2D eigenvalue weighted by atomic mass is 32.2. The van der Waals surface area contributed by atoms with Crippen molar-refractivity contribution in [3.05, 3.63) is 35.9 Å². The molecule has 1 rings (SSSR count). The minimum Gasteiger partial charge on any atom is -0.465 e. The van der Waals surface area contributed by atoms with Crippen molar-refractivity contribution in [2.75, 3.05) is 12.4 Å². The molecular formula is C12H15NO2S2. The zero-order valence-corrected chi connectivity index (χ0v) is 11.3. The lowest BCUT2D eigenvalue weighted by atomic mass is 10.2. The number of esters is 1. The minimum atomic E-state index is -0.235. The van der Waals surface area contributed by atoms with Crippen LogP contribution in [0.2, 0.25) is 0 Å². The van der Waals surface area contributed by atoms with Gasteiger partial charge in [-0.05, 0) is 12.5 Å². The summed E-state index contributed by atoms with van der Waals surface area (Å²) in [6.45, 7) is 2.87. The molecule has 0 radical (unpaired) electrons. The van der Waals surface area contributed by atoms with Crippen molar-refractivity contribution < 1.29 is 9.53 Å². The Morgan fingerprint density at radius 3 is 2.76 bits per heavy atom. The number of rotatable bonds is 5. The maximum atomic E-state index is 11.1. The van der Waals surface area contributed by atoms with Gasteiger partial charge in [-0.1, -0.05) is 54.3 Å². The molecule has 3 nitrogen and oxygen atoms in total. The molecule has 5 heteroatoms. The van der Waals surface area contributed by atoms with Crippen LogP contribution in [0.15, 0.2) is 30.3 Å². The fourth-order valence-electron chi connectivity index (χ4n) is 1.15. The van der Waals surface area contributed by atoms with Gasteiger partial charge in [-0.25, -0.2) is 0 Å². The minimum absolute atomic E-state index is 0.235. The molecule has 1 N–H and O–H groups in total. The van der Waals surface area contributed by atoms with Gasteiger partial charge < -0.3 is 10.1 Å². The van der Waals surface area contributed by atoms with Gasteiger partial charge >= 0.3 is 5.97 Å². The number of thioether (sulfide) groups is 1. The van der Waals surface area contributed by atoms with E-state index in [0.29, 0.717) is 17.5 Å². The Kier molecular flexibility index (Phi) is 6.65. The van der Waals surface area contributed by atoms with Crippen LogP contribution in [0.1, 0.15) is 12.5 Å². The second-order valence-electron chi connectivity index (χ2n) is 3.22. The van der Waals surface area contributed by atoms with Crippen LogP contribution < -0.4 is 5.32 Å². The summed E-state index contributed by atoms with van der Waals surface area (Å²) in [5.41, 5.74) is 1.16. The summed E-state index contributed by atoms with van der Waals surface area (Å²) in [7, 11) is 0. The van der Waals surface area contributed by atoms with Gasteiger partial charge in [0.25, 0.3) is 0 Å². The largest absolute Gasteiger partial charge is 0.465 e. The lowest BCUT2D eigenvalue weighted by molar-refractivity contribution is -0.139. The van der Waals surface area contributed by atoms with Gasteiger partial charge in [0.05, 0.1) is 12.4 Å². The zero-order chi connectivity index (χ0) is 12.5. The molecule has 92 valence electrons. The molecular weight excluding hydrogens is 254 g/mol. The first-order chi connectivity index (χ1) is 8.22. The van der Waals surface area contributed by atoms with Crippen molar-refractivity contribution in [1.82, 2.24) is 5.32 Å². The maximum absolute atomic E-state index is 11.1. The highest BCUT2D eigenvalue weighted by molar-refractivity contribution is 8.23. The van der Waals surface area contributed by atoms with E-state index in [0.717, 1.165) is 5.56 Å². The smallest absolute Gasteiger partial charge is 0.316 e. The van der Waals surface area contributed by atoms with Crippen molar-refractivity contribution in [1.29, 1.82) is 0 Å². The van der Waals surface area contributed by atoms with E-state index in [4.69, 9.17) is 17.0 Å². The first kappa shape index (κ1) is 14.0. The Bertz CT molecular complexity index is 368. The molecule has 17 heavy (non-hydrogen) atoms. The predicted molar refractivity (Wildman–Crippen MR) is 75.0 cm³/mol. The summed E-state index contributed by atoms with van der Waals surface area (Å²) in [5, 5.41) is 3.08. The van der Waals surface area contributed by atoms with Crippen LogP contribution in [0.4, 0.5) is 0 Å². The third-order valence-corrected chi connectivity index (χ3v) is 3.19.